The summed E-state index contributed by atoms with van der Waals surface area (Å²) in [5.41, 5.74) is 3.46. The van der Waals surface area contributed by atoms with E-state index in [1.165, 1.54) is 0 Å². The van der Waals surface area contributed by atoms with Crippen LogP contribution in [0.15, 0.2) is 65.6 Å². The van der Waals surface area contributed by atoms with E-state index in [0.717, 1.165) is 5.56 Å². The molecule has 0 spiro atoms. The molecule has 0 fully saturated rings. The van der Waals surface area contributed by atoms with Gasteiger partial charge < -0.3 is 0 Å². The molecule has 2 rings (SSSR count). The van der Waals surface area contributed by atoms with Crippen LogP contribution in [0.4, 0.5) is 0 Å². The van der Waals surface area contributed by atoms with Crippen LogP contribution in [0.1, 0.15) is 5.56 Å². The van der Waals surface area contributed by atoms with Crippen molar-refractivity contribution in [2.75, 3.05) is 5.88 Å². The SMILES string of the molecule is O=S(=O)(CNOCc1ccccc1)c1ccccc1. The summed E-state index contributed by atoms with van der Waals surface area (Å²) in [7, 11) is -3.35. The first-order valence-corrected chi connectivity index (χ1v) is 7.50. The van der Waals surface area contributed by atoms with Crippen molar-refractivity contribution in [2.24, 2.45) is 0 Å². The lowest BCUT2D eigenvalue weighted by Gasteiger charge is -2.07. The first-order valence-electron chi connectivity index (χ1n) is 5.85. The Morgan fingerprint density at radius 2 is 1.47 bits per heavy atom. The fourth-order valence-corrected chi connectivity index (χ4v) is 2.52. The maximum Gasteiger partial charge on any atom is 0.193 e. The zero-order valence-electron chi connectivity index (χ0n) is 10.3. The van der Waals surface area contributed by atoms with Crippen molar-refractivity contribution in [3.8, 4) is 0 Å². The van der Waals surface area contributed by atoms with Crippen LogP contribution in [0.25, 0.3) is 0 Å². The molecule has 0 amide bonds. The second-order valence-electron chi connectivity index (χ2n) is 3.99. The van der Waals surface area contributed by atoms with E-state index in [1.807, 2.05) is 30.3 Å². The summed E-state index contributed by atoms with van der Waals surface area (Å²) >= 11 is 0. The maximum atomic E-state index is 11.9. The maximum absolute atomic E-state index is 11.9. The van der Waals surface area contributed by atoms with Crippen LogP contribution in [0.2, 0.25) is 0 Å². The Morgan fingerprint density at radius 1 is 0.895 bits per heavy atom. The van der Waals surface area contributed by atoms with Crippen LogP contribution in [0.3, 0.4) is 0 Å². The smallest absolute Gasteiger partial charge is 0.193 e. The van der Waals surface area contributed by atoms with Gasteiger partial charge in [0.15, 0.2) is 9.84 Å². The number of nitrogens with one attached hydrogen (secondary N) is 1. The van der Waals surface area contributed by atoms with Gasteiger partial charge in [-0.3, -0.25) is 4.84 Å². The summed E-state index contributed by atoms with van der Waals surface area (Å²) in [5, 5.41) is 0. The van der Waals surface area contributed by atoms with Gasteiger partial charge >= 0.3 is 0 Å². The molecule has 0 saturated heterocycles. The predicted molar refractivity (Wildman–Crippen MR) is 72.9 cm³/mol. The standard InChI is InChI=1S/C14H15NO3S/c16-19(17,14-9-5-2-6-10-14)12-15-18-11-13-7-3-1-4-8-13/h1-10,15H,11-12H2. The largest absolute Gasteiger partial charge is 0.296 e. The van der Waals surface area contributed by atoms with E-state index in [4.69, 9.17) is 4.84 Å². The molecule has 0 aliphatic carbocycles. The Labute approximate surface area is 112 Å². The fourth-order valence-electron chi connectivity index (χ4n) is 1.54. The summed E-state index contributed by atoms with van der Waals surface area (Å²) < 4.78 is 23.8. The van der Waals surface area contributed by atoms with Crippen LogP contribution in [0, 0.1) is 0 Å². The summed E-state index contributed by atoms with van der Waals surface area (Å²) in [5.74, 6) is -0.246. The number of sulfone groups is 1. The van der Waals surface area contributed by atoms with Crippen molar-refractivity contribution in [3.63, 3.8) is 0 Å². The van der Waals surface area contributed by atoms with E-state index >= 15 is 0 Å². The third kappa shape index (κ3) is 4.17. The molecule has 0 aromatic heterocycles. The van der Waals surface area contributed by atoms with Crippen molar-refractivity contribution in [2.45, 2.75) is 11.5 Å². The Hall–Kier alpha value is -1.69. The Bertz CT molecular complexity index is 597. The molecule has 0 saturated carbocycles. The number of hydroxylamine groups is 1. The average Bonchev–Trinajstić information content (AvgIpc) is 2.46. The molecular formula is C14H15NO3S. The van der Waals surface area contributed by atoms with Gasteiger partial charge in [0.1, 0.15) is 5.88 Å². The van der Waals surface area contributed by atoms with Crippen LogP contribution >= 0.6 is 0 Å². The van der Waals surface area contributed by atoms with Gasteiger partial charge in [0.05, 0.1) is 11.5 Å². The molecule has 0 unspecified atom stereocenters. The molecule has 2 aromatic carbocycles. The van der Waals surface area contributed by atoms with E-state index in [2.05, 4.69) is 5.48 Å². The van der Waals surface area contributed by atoms with Crippen LogP contribution in [0.5, 0.6) is 0 Å². The molecule has 5 heteroatoms. The molecule has 4 nitrogen and oxygen atoms in total. The van der Waals surface area contributed by atoms with Gasteiger partial charge in [-0.05, 0) is 17.7 Å². The van der Waals surface area contributed by atoms with Gasteiger partial charge in [-0.25, -0.2) is 8.42 Å². The number of hydrogen-bond donors (Lipinski definition) is 1. The van der Waals surface area contributed by atoms with Crippen molar-refractivity contribution >= 4 is 9.84 Å². The van der Waals surface area contributed by atoms with Gasteiger partial charge in [-0.15, -0.1) is 0 Å². The average molecular weight is 277 g/mol. The van der Waals surface area contributed by atoms with E-state index in [-0.39, 0.29) is 10.8 Å². The van der Waals surface area contributed by atoms with Crippen LogP contribution < -0.4 is 5.48 Å². The van der Waals surface area contributed by atoms with Crippen molar-refractivity contribution in [3.05, 3.63) is 66.2 Å². The Kier molecular flexibility index (Phi) is 4.68. The lowest BCUT2D eigenvalue weighted by Crippen LogP contribution is -2.23. The molecule has 100 valence electrons. The van der Waals surface area contributed by atoms with Crippen LogP contribution in [-0.2, 0) is 21.3 Å². The normalized spacial score (nSPS) is 11.4. The summed E-state index contributed by atoms with van der Waals surface area (Å²) in [4.78, 5) is 5.43. The fraction of sp³-hybridized carbons (Fsp3) is 0.143. The topological polar surface area (TPSA) is 55.4 Å². The third-order valence-electron chi connectivity index (χ3n) is 2.53. The number of rotatable bonds is 6. The van der Waals surface area contributed by atoms with E-state index in [1.54, 1.807) is 30.3 Å². The monoisotopic (exact) mass is 277 g/mol. The van der Waals surface area contributed by atoms with Crippen molar-refractivity contribution in [1.82, 2.24) is 5.48 Å². The lowest BCUT2D eigenvalue weighted by molar-refractivity contribution is 0.0392. The summed E-state index contributed by atoms with van der Waals surface area (Å²) in [6.07, 6.45) is 0. The predicted octanol–water partition coefficient (Wildman–Crippen LogP) is 2.14. The van der Waals surface area contributed by atoms with E-state index in [9.17, 15) is 8.42 Å². The quantitative estimate of drug-likeness (QED) is 0.649. The molecule has 1 N–H and O–H groups in total. The third-order valence-corrected chi connectivity index (χ3v) is 4.02. The molecule has 0 heterocycles. The van der Waals surface area contributed by atoms with Crippen molar-refractivity contribution in [1.29, 1.82) is 0 Å². The minimum atomic E-state index is -3.35. The van der Waals surface area contributed by atoms with Gasteiger partial charge in [-0.1, -0.05) is 48.5 Å². The first kappa shape index (κ1) is 13.7. The highest BCUT2D eigenvalue weighted by atomic mass is 32.2. The lowest BCUT2D eigenvalue weighted by atomic mass is 10.2. The van der Waals surface area contributed by atoms with Gasteiger partial charge in [-0.2, -0.15) is 5.48 Å². The molecular weight excluding hydrogens is 262 g/mol. The summed E-state index contributed by atoms with van der Waals surface area (Å²) in [6, 6.07) is 17.8. The molecule has 19 heavy (non-hydrogen) atoms. The minimum Gasteiger partial charge on any atom is -0.296 e. The minimum absolute atomic E-state index is 0.246. The Balaban J connectivity index is 1.83. The van der Waals surface area contributed by atoms with Crippen molar-refractivity contribution < 1.29 is 13.3 Å². The van der Waals surface area contributed by atoms with Gasteiger partial charge in [0, 0.05) is 0 Å². The summed E-state index contributed by atoms with van der Waals surface area (Å²) in [6.45, 7) is 0.325. The molecule has 0 radical (unpaired) electrons. The first-order chi connectivity index (χ1) is 9.18. The van der Waals surface area contributed by atoms with Crippen LogP contribution in [-0.4, -0.2) is 14.3 Å². The number of hydrogen-bond acceptors (Lipinski definition) is 4. The molecule has 0 atom stereocenters. The zero-order valence-corrected chi connectivity index (χ0v) is 11.1. The van der Waals surface area contributed by atoms with Gasteiger partial charge in [0.25, 0.3) is 0 Å². The molecule has 0 aliphatic heterocycles. The number of benzene rings is 2. The highest BCUT2D eigenvalue weighted by molar-refractivity contribution is 7.91. The Morgan fingerprint density at radius 3 is 2.11 bits per heavy atom. The second-order valence-corrected chi connectivity index (χ2v) is 5.98. The highest BCUT2D eigenvalue weighted by Crippen LogP contribution is 2.08. The van der Waals surface area contributed by atoms with E-state index < -0.39 is 9.84 Å². The molecule has 0 aliphatic rings. The second kappa shape index (κ2) is 6.47. The van der Waals surface area contributed by atoms with E-state index in [0.29, 0.717) is 6.61 Å². The highest BCUT2D eigenvalue weighted by Gasteiger charge is 2.12. The van der Waals surface area contributed by atoms with Gasteiger partial charge in [0.2, 0.25) is 0 Å². The molecule has 0 bridgehead atoms. The zero-order chi connectivity index (χ0) is 13.6. The molecule has 2 aromatic rings.